The Kier molecular flexibility index (Phi) is 4.51. The normalized spacial score (nSPS) is 23.6. The van der Waals surface area contributed by atoms with Crippen LogP contribution in [0.5, 0.6) is 0 Å². The third kappa shape index (κ3) is 3.22. The Morgan fingerprint density at radius 1 is 1.25 bits per heavy atom. The molecule has 110 valence electrons. The average Bonchev–Trinajstić information content (AvgIpc) is 2.45. The van der Waals surface area contributed by atoms with Crippen molar-refractivity contribution in [1.82, 2.24) is 0 Å². The highest BCUT2D eigenvalue weighted by Gasteiger charge is 2.47. The highest BCUT2D eigenvalue weighted by molar-refractivity contribution is 5.98. The lowest BCUT2D eigenvalue weighted by atomic mass is 9.75. The van der Waals surface area contributed by atoms with Crippen molar-refractivity contribution in [2.75, 3.05) is 0 Å². The summed E-state index contributed by atoms with van der Waals surface area (Å²) in [5, 5.41) is 0. The molecule has 20 heavy (non-hydrogen) atoms. The number of ketones is 1. The second-order valence-corrected chi connectivity index (χ2v) is 5.46. The third-order valence-corrected chi connectivity index (χ3v) is 4.14. The lowest BCUT2D eigenvalue weighted by Gasteiger charge is -2.32. The largest absolute Gasteiger partial charge is 0.392 e. The van der Waals surface area contributed by atoms with E-state index in [1.165, 1.54) is 0 Å². The molecule has 1 nitrogen and oxygen atoms in total. The van der Waals surface area contributed by atoms with Crippen molar-refractivity contribution in [3.63, 3.8) is 0 Å². The van der Waals surface area contributed by atoms with E-state index in [1.807, 2.05) is 13.0 Å². The van der Waals surface area contributed by atoms with Crippen molar-refractivity contribution in [1.29, 1.82) is 0 Å². The van der Waals surface area contributed by atoms with Crippen LogP contribution in [0, 0.1) is 11.8 Å². The molecule has 0 radical (unpaired) electrons. The fourth-order valence-electron chi connectivity index (χ4n) is 3.00. The van der Waals surface area contributed by atoms with E-state index in [0.29, 0.717) is 24.8 Å². The van der Waals surface area contributed by atoms with E-state index < -0.39 is 18.0 Å². The minimum Gasteiger partial charge on any atom is -0.294 e. The van der Waals surface area contributed by atoms with Gasteiger partial charge < -0.3 is 0 Å². The molecule has 1 aromatic rings. The van der Waals surface area contributed by atoms with Crippen molar-refractivity contribution in [3.05, 3.63) is 35.4 Å². The van der Waals surface area contributed by atoms with Crippen LogP contribution in [-0.2, 0) is 6.42 Å². The molecule has 1 aliphatic rings. The highest BCUT2D eigenvalue weighted by Crippen LogP contribution is 2.42. The van der Waals surface area contributed by atoms with Crippen LogP contribution in [0.3, 0.4) is 0 Å². The number of halogens is 3. The van der Waals surface area contributed by atoms with Crippen LogP contribution in [0.25, 0.3) is 0 Å². The van der Waals surface area contributed by atoms with Gasteiger partial charge in [-0.25, -0.2) is 0 Å². The second kappa shape index (κ2) is 5.98. The smallest absolute Gasteiger partial charge is 0.294 e. The number of aryl methyl sites for hydroxylation is 1. The van der Waals surface area contributed by atoms with Gasteiger partial charge in [-0.2, -0.15) is 13.2 Å². The summed E-state index contributed by atoms with van der Waals surface area (Å²) in [6.45, 7) is 1.96. The molecule has 1 saturated carbocycles. The number of alkyl halides is 3. The predicted octanol–water partition coefficient (Wildman–Crippen LogP) is 4.80. The zero-order chi connectivity index (χ0) is 14.8. The molecule has 0 spiro atoms. The molecular weight excluding hydrogens is 265 g/mol. The van der Waals surface area contributed by atoms with E-state index in [2.05, 4.69) is 0 Å². The van der Waals surface area contributed by atoms with Crippen LogP contribution in [0.1, 0.15) is 48.5 Å². The van der Waals surface area contributed by atoms with Crippen LogP contribution in [0.2, 0.25) is 0 Å². The maximum Gasteiger partial charge on any atom is 0.392 e. The van der Waals surface area contributed by atoms with E-state index in [9.17, 15) is 18.0 Å². The maximum atomic E-state index is 13.1. The van der Waals surface area contributed by atoms with Gasteiger partial charge >= 0.3 is 6.18 Å². The van der Waals surface area contributed by atoms with Crippen molar-refractivity contribution < 1.29 is 18.0 Å². The standard InChI is InChI=1S/C16H19F3O/c1-2-11-6-5-7-12(10-11)15(20)13-8-3-4-9-14(13)16(17,18)19/h5-7,10,13-14H,2-4,8-9H2,1H3. The number of carbonyl (C=O) groups excluding carboxylic acids is 1. The van der Waals surface area contributed by atoms with Crippen molar-refractivity contribution in [2.45, 2.75) is 45.2 Å². The monoisotopic (exact) mass is 284 g/mol. The van der Waals surface area contributed by atoms with Crippen molar-refractivity contribution in [3.8, 4) is 0 Å². The van der Waals surface area contributed by atoms with Gasteiger partial charge in [0.05, 0.1) is 5.92 Å². The average molecular weight is 284 g/mol. The first-order valence-corrected chi connectivity index (χ1v) is 7.13. The van der Waals surface area contributed by atoms with E-state index >= 15 is 0 Å². The van der Waals surface area contributed by atoms with Gasteiger partial charge in [0.1, 0.15) is 0 Å². The number of benzene rings is 1. The zero-order valence-corrected chi connectivity index (χ0v) is 11.5. The van der Waals surface area contributed by atoms with E-state index in [-0.39, 0.29) is 12.2 Å². The van der Waals surface area contributed by atoms with Crippen LogP contribution in [0.15, 0.2) is 24.3 Å². The summed E-state index contributed by atoms with van der Waals surface area (Å²) in [7, 11) is 0. The molecule has 0 aliphatic heterocycles. The number of rotatable bonds is 3. The molecule has 1 aromatic carbocycles. The third-order valence-electron chi connectivity index (χ3n) is 4.14. The van der Waals surface area contributed by atoms with Crippen LogP contribution in [0.4, 0.5) is 13.2 Å². The molecule has 0 N–H and O–H groups in total. The summed E-state index contributed by atoms with van der Waals surface area (Å²) in [5.74, 6) is -2.73. The molecule has 0 aromatic heterocycles. The number of carbonyl (C=O) groups is 1. The lowest BCUT2D eigenvalue weighted by molar-refractivity contribution is -0.190. The number of hydrogen-bond donors (Lipinski definition) is 0. The molecule has 1 fully saturated rings. The Labute approximate surface area is 117 Å². The van der Waals surface area contributed by atoms with Gasteiger partial charge in [0.2, 0.25) is 0 Å². The van der Waals surface area contributed by atoms with Gasteiger partial charge in [-0.05, 0) is 30.9 Å². The maximum absolute atomic E-state index is 13.1. The van der Waals surface area contributed by atoms with E-state index in [4.69, 9.17) is 0 Å². The molecule has 2 unspecified atom stereocenters. The van der Waals surface area contributed by atoms with Crippen LogP contribution >= 0.6 is 0 Å². The zero-order valence-electron chi connectivity index (χ0n) is 11.5. The molecule has 1 aliphatic carbocycles. The topological polar surface area (TPSA) is 17.1 Å². The number of hydrogen-bond acceptors (Lipinski definition) is 1. The van der Waals surface area contributed by atoms with Gasteiger partial charge in [0.25, 0.3) is 0 Å². The van der Waals surface area contributed by atoms with Gasteiger partial charge in [0.15, 0.2) is 5.78 Å². The Balaban J connectivity index is 2.25. The minimum atomic E-state index is -4.27. The molecule has 4 heteroatoms. The van der Waals surface area contributed by atoms with Crippen molar-refractivity contribution >= 4 is 5.78 Å². The first-order chi connectivity index (χ1) is 9.43. The summed E-state index contributed by atoms with van der Waals surface area (Å²) in [6.07, 6.45) is -1.82. The molecule has 2 rings (SSSR count). The molecule has 0 saturated heterocycles. The lowest BCUT2D eigenvalue weighted by Crippen LogP contribution is -2.37. The van der Waals surface area contributed by atoms with Gasteiger partial charge in [-0.1, -0.05) is 38.0 Å². The Bertz CT molecular complexity index is 479. The first kappa shape index (κ1) is 15.1. The fraction of sp³-hybridized carbons (Fsp3) is 0.562. The van der Waals surface area contributed by atoms with Crippen molar-refractivity contribution in [2.24, 2.45) is 11.8 Å². The summed E-state index contributed by atoms with van der Waals surface area (Å²) >= 11 is 0. The first-order valence-electron chi connectivity index (χ1n) is 7.13. The highest BCUT2D eigenvalue weighted by atomic mass is 19.4. The Hall–Kier alpha value is -1.32. The van der Waals surface area contributed by atoms with Crippen LogP contribution < -0.4 is 0 Å². The number of Topliss-reactive ketones (excluding diaryl/α,β-unsaturated/α-hetero) is 1. The Morgan fingerprint density at radius 2 is 1.95 bits per heavy atom. The van der Waals surface area contributed by atoms with Gasteiger partial charge in [0, 0.05) is 11.5 Å². The van der Waals surface area contributed by atoms with Crippen LogP contribution in [-0.4, -0.2) is 12.0 Å². The molecule has 0 amide bonds. The molecule has 2 atom stereocenters. The summed E-state index contributed by atoms with van der Waals surface area (Å²) < 4.78 is 39.2. The predicted molar refractivity (Wildman–Crippen MR) is 71.7 cm³/mol. The SMILES string of the molecule is CCc1cccc(C(=O)C2CCCCC2C(F)(F)F)c1. The quantitative estimate of drug-likeness (QED) is 0.729. The molecule has 0 bridgehead atoms. The van der Waals surface area contributed by atoms with E-state index in [0.717, 1.165) is 12.0 Å². The molecule has 0 heterocycles. The summed E-state index contributed by atoms with van der Waals surface area (Å²) in [5.41, 5.74) is 1.40. The summed E-state index contributed by atoms with van der Waals surface area (Å²) in [6, 6.07) is 6.99. The van der Waals surface area contributed by atoms with Gasteiger partial charge in [-0.15, -0.1) is 0 Å². The minimum absolute atomic E-state index is 0.0768. The van der Waals surface area contributed by atoms with Gasteiger partial charge in [-0.3, -0.25) is 4.79 Å². The Morgan fingerprint density at radius 3 is 2.60 bits per heavy atom. The van der Waals surface area contributed by atoms with E-state index in [1.54, 1.807) is 18.2 Å². The molecular formula is C16H19F3O. The summed E-state index contributed by atoms with van der Waals surface area (Å²) in [4.78, 5) is 12.4. The second-order valence-electron chi connectivity index (χ2n) is 5.46. The fourth-order valence-corrected chi connectivity index (χ4v) is 3.00.